The third-order valence-corrected chi connectivity index (χ3v) is 4.41. The zero-order valence-electron chi connectivity index (χ0n) is 13.8. The van der Waals surface area contributed by atoms with Crippen LogP contribution in [0.15, 0.2) is 47.4 Å². The number of nitrogens with one attached hydrogen (secondary N) is 1. The lowest BCUT2D eigenvalue weighted by atomic mass is 10.1. The second kappa shape index (κ2) is 6.96. The Balaban J connectivity index is 2.36. The normalized spacial score (nSPS) is 11.9. The van der Waals surface area contributed by atoms with E-state index in [4.69, 9.17) is 5.14 Å². The maximum Gasteiger partial charge on any atom is 0.416 e. The number of rotatable bonds is 4. The topological polar surface area (TPSA) is 92.5 Å². The number of halogens is 3. The number of primary sulfonamides is 1. The average Bonchev–Trinajstić information content (AvgIpc) is 2.53. The van der Waals surface area contributed by atoms with Crippen LogP contribution in [-0.4, -0.2) is 28.4 Å². The van der Waals surface area contributed by atoms with Crippen LogP contribution < -0.4 is 15.4 Å². The first-order valence-corrected chi connectivity index (χ1v) is 8.77. The van der Waals surface area contributed by atoms with Crippen LogP contribution in [0.4, 0.5) is 24.5 Å². The number of carbonyl (C=O) groups is 1. The number of amides is 1. The van der Waals surface area contributed by atoms with Crippen molar-refractivity contribution >= 4 is 27.3 Å². The molecule has 2 rings (SSSR count). The summed E-state index contributed by atoms with van der Waals surface area (Å²) >= 11 is 0. The predicted molar refractivity (Wildman–Crippen MR) is 91.5 cm³/mol. The lowest BCUT2D eigenvalue weighted by molar-refractivity contribution is -0.137. The number of carbonyl (C=O) groups excluding carboxylic acids is 1. The SMILES string of the molecule is CN(C)c1ccc(S(N)(=O)=O)cc1NC(=O)c1ccc(C(F)(F)F)cc1. The third kappa shape index (κ3) is 4.52. The number of nitrogens with zero attached hydrogens (tertiary/aromatic N) is 1. The number of hydrogen-bond donors (Lipinski definition) is 2. The van der Waals surface area contributed by atoms with E-state index >= 15 is 0 Å². The summed E-state index contributed by atoms with van der Waals surface area (Å²) in [7, 11) is -0.624. The van der Waals surface area contributed by atoms with E-state index in [1.165, 1.54) is 18.2 Å². The first-order chi connectivity index (χ1) is 11.9. The average molecular weight is 387 g/mol. The van der Waals surface area contributed by atoms with Crippen molar-refractivity contribution < 1.29 is 26.4 Å². The van der Waals surface area contributed by atoms with Gasteiger partial charge < -0.3 is 10.2 Å². The van der Waals surface area contributed by atoms with Crippen LogP contribution in [0.3, 0.4) is 0 Å². The summed E-state index contributed by atoms with van der Waals surface area (Å²) in [6.07, 6.45) is -4.50. The van der Waals surface area contributed by atoms with E-state index in [0.717, 1.165) is 24.3 Å². The maximum atomic E-state index is 12.6. The van der Waals surface area contributed by atoms with Gasteiger partial charge in [-0.05, 0) is 42.5 Å². The minimum Gasteiger partial charge on any atom is -0.376 e. The van der Waals surface area contributed by atoms with Crippen molar-refractivity contribution in [2.24, 2.45) is 5.14 Å². The lowest BCUT2D eigenvalue weighted by Gasteiger charge is -2.19. The molecule has 26 heavy (non-hydrogen) atoms. The quantitative estimate of drug-likeness (QED) is 0.844. The Morgan fingerprint density at radius 2 is 1.65 bits per heavy atom. The molecule has 2 aromatic rings. The smallest absolute Gasteiger partial charge is 0.376 e. The molecule has 0 fully saturated rings. The Hall–Kier alpha value is -2.59. The number of sulfonamides is 1. The Bertz CT molecular complexity index is 924. The first-order valence-electron chi connectivity index (χ1n) is 7.22. The third-order valence-electron chi connectivity index (χ3n) is 3.50. The van der Waals surface area contributed by atoms with Gasteiger partial charge >= 0.3 is 6.18 Å². The molecular weight excluding hydrogens is 371 g/mol. The highest BCUT2D eigenvalue weighted by atomic mass is 32.2. The molecule has 140 valence electrons. The molecule has 0 aliphatic carbocycles. The minimum absolute atomic E-state index is 0.0104. The second-order valence-electron chi connectivity index (χ2n) is 5.65. The van der Waals surface area contributed by atoms with Gasteiger partial charge in [-0.2, -0.15) is 13.2 Å². The largest absolute Gasteiger partial charge is 0.416 e. The van der Waals surface area contributed by atoms with Gasteiger partial charge in [-0.15, -0.1) is 0 Å². The number of alkyl halides is 3. The molecule has 0 saturated carbocycles. The standard InChI is InChI=1S/C16H16F3N3O3S/c1-22(2)14-8-7-12(26(20,24)25)9-13(14)21-15(23)10-3-5-11(6-4-10)16(17,18)19/h3-9H,1-2H3,(H,21,23)(H2,20,24,25). The molecule has 0 aromatic heterocycles. The minimum atomic E-state index is -4.50. The van der Waals surface area contributed by atoms with Crippen molar-refractivity contribution in [3.8, 4) is 0 Å². The van der Waals surface area contributed by atoms with E-state index < -0.39 is 27.7 Å². The summed E-state index contributed by atoms with van der Waals surface area (Å²) in [6, 6.07) is 7.60. The highest BCUT2D eigenvalue weighted by Gasteiger charge is 2.30. The van der Waals surface area contributed by atoms with Crippen molar-refractivity contribution in [2.75, 3.05) is 24.3 Å². The summed E-state index contributed by atoms with van der Waals surface area (Å²) in [6.45, 7) is 0. The van der Waals surface area contributed by atoms with Gasteiger partial charge in [0.1, 0.15) is 0 Å². The van der Waals surface area contributed by atoms with Gasteiger partial charge in [0.15, 0.2) is 0 Å². The summed E-state index contributed by atoms with van der Waals surface area (Å²) in [5, 5.41) is 7.59. The van der Waals surface area contributed by atoms with E-state index in [1.54, 1.807) is 19.0 Å². The monoisotopic (exact) mass is 387 g/mol. The van der Waals surface area contributed by atoms with Crippen molar-refractivity contribution in [1.29, 1.82) is 0 Å². The molecule has 10 heteroatoms. The van der Waals surface area contributed by atoms with Crippen LogP contribution in [0.5, 0.6) is 0 Å². The van der Waals surface area contributed by atoms with Gasteiger partial charge in [0.2, 0.25) is 10.0 Å². The molecule has 0 aliphatic heterocycles. The van der Waals surface area contributed by atoms with Crippen LogP contribution in [-0.2, 0) is 16.2 Å². The second-order valence-corrected chi connectivity index (χ2v) is 7.21. The van der Waals surface area contributed by atoms with E-state index in [2.05, 4.69) is 5.32 Å². The molecular formula is C16H16F3N3O3S. The summed E-state index contributed by atoms with van der Waals surface area (Å²) in [4.78, 5) is 13.8. The molecule has 0 unspecified atom stereocenters. The number of anilines is 2. The van der Waals surface area contributed by atoms with Crippen LogP contribution in [0, 0.1) is 0 Å². The van der Waals surface area contributed by atoms with Gasteiger partial charge in [0.05, 0.1) is 21.8 Å². The summed E-state index contributed by atoms with van der Waals surface area (Å²) in [5.41, 5.74) is -0.230. The Morgan fingerprint density at radius 1 is 1.08 bits per heavy atom. The van der Waals surface area contributed by atoms with Crippen LogP contribution in [0.2, 0.25) is 0 Å². The number of hydrogen-bond acceptors (Lipinski definition) is 4. The zero-order chi connectivity index (χ0) is 19.7. The highest BCUT2D eigenvalue weighted by Crippen LogP contribution is 2.30. The van der Waals surface area contributed by atoms with Gasteiger partial charge in [0, 0.05) is 19.7 Å². The van der Waals surface area contributed by atoms with Crippen LogP contribution >= 0.6 is 0 Å². The maximum absolute atomic E-state index is 12.6. The summed E-state index contributed by atoms with van der Waals surface area (Å²) < 4.78 is 60.8. The molecule has 0 heterocycles. The Morgan fingerprint density at radius 3 is 2.12 bits per heavy atom. The van der Waals surface area contributed by atoms with Crippen molar-refractivity contribution in [1.82, 2.24) is 0 Å². The molecule has 6 nitrogen and oxygen atoms in total. The van der Waals surface area contributed by atoms with Crippen LogP contribution in [0.1, 0.15) is 15.9 Å². The van der Waals surface area contributed by atoms with Gasteiger partial charge in [0.25, 0.3) is 5.91 Å². The molecule has 3 N–H and O–H groups in total. The molecule has 0 saturated heterocycles. The van der Waals surface area contributed by atoms with Crippen molar-refractivity contribution in [3.05, 3.63) is 53.6 Å². The fourth-order valence-electron chi connectivity index (χ4n) is 2.19. The van der Waals surface area contributed by atoms with Crippen molar-refractivity contribution in [2.45, 2.75) is 11.1 Å². The molecule has 1 amide bonds. The number of benzene rings is 2. The van der Waals surface area contributed by atoms with E-state index in [1.807, 2.05) is 0 Å². The lowest BCUT2D eigenvalue weighted by Crippen LogP contribution is -2.19. The predicted octanol–water partition coefficient (Wildman–Crippen LogP) is 2.67. The van der Waals surface area contributed by atoms with Crippen LogP contribution in [0.25, 0.3) is 0 Å². The molecule has 0 aliphatic rings. The Kier molecular flexibility index (Phi) is 5.28. The first kappa shape index (κ1) is 19.7. The van der Waals surface area contributed by atoms with Crippen molar-refractivity contribution in [3.63, 3.8) is 0 Å². The van der Waals surface area contributed by atoms with Gasteiger partial charge in [-0.3, -0.25) is 4.79 Å². The molecule has 0 radical (unpaired) electrons. The summed E-state index contributed by atoms with van der Waals surface area (Å²) in [5.74, 6) is -0.687. The van der Waals surface area contributed by atoms with E-state index in [0.29, 0.717) is 5.69 Å². The molecule has 0 spiro atoms. The van der Waals surface area contributed by atoms with E-state index in [9.17, 15) is 26.4 Å². The Labute approximate surface area is 148 Å². The fourth-order valence-corrected chi connectivity index (χ4v) is 2.73. The van der Waals surface area contributed by atoms with Gasteiger partial charge in [-0.25, -0.2) is 13.6 Å². The zero-order valence-corrected chi connectivity index (χ0v) is 14.6. The van der Waals surface area contributed by atoms with Gasteiger partial charge in [-0.1, -0.05) is 0 Å². The molecule has 0 bridgehead atoms. The molecule has 0 atom stereocenters. The number of nitrogens with two attached hydrogens (primary N) is 1. The fraction of sp³-hybridized carbons (Fsp3) is 0.188. The molecule has 2 aromatic carbocycles. The van der Waals surface area contributed by atoms with E-state index in [-0.39, 0.29) is 16.1 Å². The highest BCUT2D eigenvalue weighted by molar-refractivity contribution is 7.89.